The zero-order valence-electron chi connectivity index (χ0n) is 8.44. The third kappa shape index (κ3) is 2.51. The Morgan fingerprint density at radius 1 is 1.44 bits per heavy atom. The molecule has 0 fully saturated rings. The van der Waals surface area contributed by atoms with Gasteiger partial charge in [-0.3, -0.25) is 0 Å². The summed E-state index contributed by atoms with van der Waals surface area (Å²) in [7, 11) is 1.50. The lowest BCUT2D eigenvalue weighted by Gasteiger charge is -2.02. The average Bonchev–Trinajstić information content (AvgIpc) is 2.64. The molecule has 0 radical (unpaired) electrons. The number of thiazole rings is 1. The molecule has 2 rings (SSSR count). The minimum Gasteiger partial charge on any atom is -0.497 e. The molecule has 2 N–H and O–H groups in total. The number of nitrogen functional groups attached to an aromatic ring is 1. The van der Waals surface area contributed by atoms with Crippen LogP contribution < -0.4 is 10.5 Å². The van der Waals surface area contributed by atoms with Crippen LogP contribution in [0.1, 0.15) is 0 Å². The number of nitrogens with zero attached hydrogens (tertiary/aromatic N) is 1. The minimum absolute atomic E-state index is 0. The molecule has 0 aliphatic heterocycles. The molecule has 86 valence electrons. The SMILES string of the molecule is Br.COc1ccc(-c2csc(N)n2)c(F)c1. The lowest BCUT2D eigenvalue weighted by atomic mass is 10.1. The van der Waals surface area contributed by atoms with Gasteiger partial charge in [0.25, 0.3) is 0 Å². The van der Waals surface area contributed by atoms with Crippen LogP contribution in [0.5, 0.6) is 5.75 Å². The lowest BCUT2D eigenvalue weighted by Crippen LogP contribution is -1.89. The van der Waals surface area contributed by atoms with E-state index in [-0.39, 0.29) is 22.8 Å². The second-order valence-corrected chi connectivity index (χ2v) is 3.81. The van der Waals surface area contributed by atoms with E-state index in [2.05, 4.69) is 4.98 Å². The van der Waals surface area contributed by atoms with Gasteiger partial charge in [0.15, 0.2) is 5.13 Å². The fourth-order valence-electron chi connectivity index (χ4n) is 1.24. The van der Waals surface area contributed by atoms with Crippen LogP contribution in [0.15, 0.2) is 23.6 Å². The van der Waals surface area contributed by atoms with Gasteiger partial charge in [-0.05, 0) is 12.1 Å². The van der Waals surface area contributed by atoms with Crippen molar-refractivity contribution in [2.45, 2.75) is 0 Å². The van der Waals surface area contributed by atoms with Crippen LogP contribution in [0.4, 0.5) is 9.52 Å². The van der Waals surface area contributed by atoms with Crippen molar-refractivity contribution in [2.75, 3.05) is 12.8 Å². The number of nitrogens with two attached hydrogens (primary N) is 1. The van der Waals surface area contributed by atoms with Crippen molar-refractivity contribution in [3.63, 3.8) is 0 Å². The van der Waals surface area contributed by atoms with Crippen LogP contribution in [-0.4, -0.2) is 12.1 Å². The summed E-state index contributed by atoms with van der Waals surface area (Å²) in [6.45, 7) is 0. The summed E-state index contributed by atoms with van der Waals surface area (Å²) in [5, 5.41) is 2.15. The summed E-state index contributed by atoms with van der Waals surface area (Å²) in [6.07, 6.45) is 0. The lowest BCUT2D eigenvalue weighted by molar-refractivity contribution is 0.411. The Balaban J connectivity index is 0.00000128. The molecule has 0 saturated heterocycles. The molecule has 3 nitrogen and oxygen atoms in total. The number of methoxy groups -OCH3 is 1. The first-order chi connectivity index (χ1) is 7.20. The molecule has 2 aromatic rings. The number of ether oxygens (including phenoxy) is 1. The van der Waals surface area contributed by atoms with Crippen LogP contribution in [0.2, 0.25) is 0 Å². The largest absolute Gasteiger partial charge is 0.497 e. The van der Waals surface area contributed by atoms with Gasteiger partial charge >= 0.3 is 0 Å². The van der Waals surface area contributed by atoms with Crippen LogP contribution >= 0.6 is 28.3 Å². The summed E-state index contributed by atoms with van der Waals surface area (Å²) in [5.74, 6) is 0.124. The highest BCUT2D eigenvalue weighted by molar-refractivity contribution is 8.93. The molecule has 1 aromatic heterocycles. The molecule has 0 unspecified atom stereocenters. The Kier molecular flexibility index (Phi) is 4.26. The molecule has 6 heteroatoms. The normalized spacial score (nSPS) is 9.62. The van der Waals surface area contributed by atoms with Crippen molar-refractivity contribution in [1.82, 2.24) is 4.98 Å². The highest BCUT2D eigenvalue weighted by atomic mass is 79.9. The molecular weight excluding hydrogens is 295 g/mol. The predicted octanol–water partition coefficient (Wildman–Crippen LogP) is 3.12. The molecule has 1 aromatic carbocycles. The molecule has 0 amide bonds. The molecule has 16 heavy (non-hydrogen) atoms. The molecular formula is C10H10BrFN2OS. The van der Waals surface area contributed by atoms with E-state index in [0.29, 0.717) is 22.1 Å². The van der Waals surface area contributed by atoms with E-state index < -0.39 is 0 Å². The van der Waals surface area contributed by atoms with E-state index in [1.165, 1.54) is 24.5 Å². The summed E-state index contributed by atoms with van der Waals surface area (Å²) in [4.78, 5) is 4.01. The van der Waals surface area contributed by atoms with Crippen LogP contribution in [0.25, 0.3) is 11.3 Å². The first-order valence-corrected chi connectivity index (χ1v) is 5.13. The molecule has 0 aliphatic rings. The fraction of sp³-hybridized carbons (Fsp3) is 0.100. The molecule has 0 spiro atoms. The quantitative estimate of drug-likeness (QED) is 0.927. The van der Waals surface area contributed by atoms with E-state index in [4.69, 9.17) is 10.5 Å². The first kappa shape index (κ1) is 12.9. The highest BCUT2D eigenvalue weighted by Crippen LogP contribution is 2.27. The molecule has 0 bridgehead atoms. The van der Waals surface area contributed by atoms with E-state index in [9.17, 15) is 4.39 Å². The van der Waals surface area contributed by atoms with Crippen LogP contribution in [-0.2, 0) is 0 Å². The Morgan fingerprint density at radius 3 is 2.69 bits per heavy atom. The van der Waals surface area contributed by atoms with Crippen LogP contribution in [0, 0.1) is 5.82 Å². The second kappa shape index (κ2) is 5.27. The zero-order valence-corrected chi connectivity index (χ0v) is 11.0. The van der Waals surface area contributed by atoms with Gasteiger partial charge in [-0.1, -0.05) is 0 Å². The van der Waals surface area contributed by atoms with Crippen molar-refractivity contribution in [3.05, 3.63) is 29.4 Å². The third-order valence-corrected chi connectivity index (χ3v) is 2.65. The van der Waals surface area contributed by atoms with Crippen molar-refractivity contribution < 1.29 is 9.13 Å². The van der Waals surface area contributed by atoms with E-state index in [0.717, 1.165) is 0 Å². The number of hydrogen-bond donors (Lipinski definition) is 1. The summed E-state index contributed by atoms with van der Waals surface area (Å²) in [6, 6.07) is 4.64. The van der Waals surface area contributed by atoms with Crippen molar-refractivity contribution >= 4 is 33.4 Å². The van der Waals surface area contributed by atoms with Gasteiger partial charge in [0, 0.05) is 17.0 Å². The van der Waals surface area contributed by atoms with E-state index in [1.807, 2.05) is 0 Å². The number of rotatable bonds is 2. The molecule has 1 heterocycles. The summed E-state index contributed by atoms with van der Waals surface area (Å²) < 4.78 is 18.5. The zero-order chi connectivity index (χ0) is 10.8. The Bertz CT molecular complexity index is 489. The van der Waals surface area contributed by atoms with Gasteiger partial charge in [0.2, 0.25) is 0 Å². The third-order valence-electron chi connectivity index (χ3n) is 1.97. The number of aromatic nitrogens is 1. The maximum atomic E-state index is 13.6. The highest BCUT2D eigenvalue weighted by Gasteiger charge is 2.09. The van der Waals surface area contributed by atoms with Gasteiger partial charge < -0.3 is 10.5 Å². The van der Waals surface area contributed by atoms with Crippen molar-refractivity contribution in [2.24, 2.45) is 0 Å². The van der Waals surface area contributed by atoms with Crippen LogP contribution in [0.3, 0.4) is 0 Å². The fourth-order valence-corrected chi connectivity index (χ4v) is 1.80. The standard InChI is InChI=1S/C10H9FN2OS.BrH/c1-14-6-2-3-7(8(11)4-6)9-5-15-10(12)13-9;/h2-5H,1H3,(H2,12,13);1H. The predicted molar refractivity (Wildman–Crippen MR) is 68.8 cm³/mol. The monoisotopic (exact) mass is 304 g/mol. The second-order valence-electron chi connectivity index (χ2n) is 2.92. The Labute approximate surface area is 107 Å². The first-order valence-electron chi connectivity index (χ1n) is 4.25. The molecule has 0 atom stereocenters. The maximum absolute atomic E-state index is 13.6. The van der Waals surface area contributed by atoms with Crippen molar-refractivity contribution in [3.8, 4) is 17.0 Å². The van der Waals surface area contributed by atoms with Gasteiger partial charge in [0.1, 0.15) is 11.6 Å². The number of benzene rings is 1. The smallest absolute Gasteiger partial charge is 0.180 e. The maximum Gasteiger partial charge on any atom is 0.180 e. The molecule has 0 aliphatic carbocycles. The average molecular weight is 305 g/mol. The number of anilines is 1. The Hall–Kier alpha value is -1.14. The van der Waals surface area contributed by atoms with Gasteiger partial charge in [-0.15, -0.1) is 28.3 Å². The summed E-state index contributed by atoms with van der Waals surface area (Å²) >= 11 is 1.29. The summed E-state index contributed by atoms with van der Waals surface area (Å²) in [5.41, 5.74) is 6.47. The van der Waals surface area contributed by atoms with E-state index >= 15 is 0 Å². The van der Waals surface area contributed by atoms with E-state index in [1.54, 1.807) is 17.5 Å². The van der Waals surface area contributed by atoms with Crippen molar-refractivity contribution in [1.29, 1.82) is 0 Å². The number of hydrogen-bond acceptors (Lipinski definition) is 4. The van der Waals surface area contributed by atoms with Gasteiger partial charge in [-0.25, -0.2) is 9.37 Å². The van der Waals surface area contributed by atoms with Gasteiger partial charge in [-0.2, -0.15) is 0 Å². The minimum atomic E-state index is -0.361. The number of halogens is 2. The Morgan fingerprint density at radius 2 is 2.19 bits per heavy atom. The van der Waals surface area contributed by atoms with Gasteiger partial charge in [0.05, 0.1) is 12.8 Å². The molecule has 0 saturated carbocycles. The topological polar surface area (TPSA) is 48.1 Å².